The first-order chi connectivity index (χ1) is 16.5. The number of phenolic OH excluding ortho intramolecular Hbond substituents is 2. The monoisotopic (exact) mass is 513 g/mol. The molecule has 0 amide bonds. The fourth-order valence-electron chi connectivity index (χ4n) is 3.21. The summed E-state index contributed by atoms with van der Waals surface area (Å²) in [7, 11) is 0. The van der Waals surface area contributed by atoms with Crippen molar-refractivity contribution in [2.24, 2.45) is 9.98 Å². The van der Waals surface area contributed by atoms with Crippen LogP contribution >= 0.6 is 0 Å². The van der Waals surface area contributed by atoms with Gasteiger partial charge >= 0.3 is 0 Å². The Hall–Kier alpha value is -3.66. The third kappa shape index (κ3) is 8.89. The molecule has 5 heteroatoms. The molecule has 0 saturated carbocycles. The van der Waals surface area contributed by atoms with Gasteiger partial charge in [-0.25, -0.2) is 0 Å². The summed E-state index contributed by atoms with van der Waals surface area (Å²) >= 11 is 0. The molecule has 0 spiro atoms. The number of para-hydroxylation sites is 2. The van der Waals surface area contributed by atoms with E-state index in [0.717, 1.165) is 11.1 Å². The number of rotatable bonds is 6. The number of nitrogens with zero attached hydrogens (tertiary/aromatic N) is 2. The van der Waals surface area contributed by atoms with Gasteiger partial charge in [0.15, 0.2) is 0 Å². The molecule has 0 aromatic heterocycles. The largest absolute Gasteiger partial charge is 0.507 e. The molecule has 0 aliphatic rings. The van der Waals surface area contributed by atoms with Crippen LogP contribution in [-0.4, -0.2) is 22.6 Å². The molecule has 0 aliphatic carbocycles. The maximum absolute atomic E-state index is 9.60. The fraction of sp³-hybridized carbons (Fsp3) is 0.133. The Bertz CT molecular complexity index is 1110. The summed E-state index contributed by atoms with van der Waals surface area (Å²) < 4.78 is 0. The van der Waals surface area contributed by atoms with Gasteiger partial charge in [0.1, 0.15) is 11.5 Å². The standard InChI is InChI=1S/2C15H15NO.Cu/c2*1-12(13-7-3-2-4-8-13)16-11-14-9-5-6-10-15(14)17;/h2*2-12,17H,1H3;/t2*12-;/m00./s1. The molecule has 35 heavy (non-hydrogen) atoms. The summed E-state index contributed by atoms with van der Waals surface area (Å²) in [5.74, 6) is 0.521. The average molecular weight is 514 g/mol. The van der Waals surface area contributed by atoms with E-state index in [9.17, 15) is 10.2 Å². The molecule has 4 aromatic carbocycles. The molecule has 0 unspecified atom stereocenters. The minimum absolute atomic E-state index is 0. The van der Waals surface area contributed by atoms with Crippen LogP contribution < -0.4 is 0 Å². The van der Waals surface area contributed by atoms with E-state index in [1.165, 1.54) is 11.1 Å². The molecule has 183 valence electrons. The second-order valence-electron chi connectivity index (χ2n) is 7.85. The van der Waals surface area contributed by atoms with Gasteiger partial charge in [0.2, 0.25) is 0 Å². The van der Waals surface area contributed by atoms with Crippen LogP contribution in [0.15, 0.2) is 119 Å². The van der Waals surface area contributed by atoms with Gasteiger partial charge in [-0.1, -0.05) is 84.9 Å². The number of phenols is 2. The van der Waals surface area contributed by atoms with Gasteiger partial charge in [0.05, 0.1) is 12.1 Å². The minimum Gasteiger partial charge on any atom is -0.507 e. The molecule has 0 fully saturated rings. The van der Waals surface area contributed by atoms with Gasteiger partial charge in [0, 0.05) is 40.6 Å². The Kier molecular flexibility index (Phi) is 11.5. The van der Waals surface area contributed by atoms with Crippen LogP contribution in [0.5, 0.6) is 11.5 Å². The Balaban J connectivity index is 0.000000240. The smallest absolute Gasteiger partial charge is 0.124 e. The molecular formula is C30H30CuN2O2. The van der Waals surface area contributed by atoms with Crippen molar-refractivity contribution in [1.29, 1.82) is 0 Å². The van der Waals surface area contributed by atoms with Gasteiger partial charge < -0.3 is 10.2 Å². The number of aromatic hydroxyl groups is 2. The van der Waals surface area contributed by atoms with E-state index in [-0.39, 0.29) is 40.7 Å². The maximum atomic E-state index is 9.60. The molecule has 0 heterocycles. The summed E-state index contributed by atoms with van der Waals surface area (Å²) in [5.41, 5.74) is 3.82. The number of hydrogen-bond acceptors (Lipinski definition) is 4. The molecule has 4 aromatic rings. The molecular weight excluding hydrogens is 484 g/mol. The van der Waals surface area contributed by atoms with Gasteiger partial charge in [-0.3, -0.25) is 9.98 Å². The topological polar surface area (TPSA) is 65.2 Å². The summed E-state index contributed by atoms with van der Waals surface area (Å²) in [6.07, 6.45) is 3.43. The van der Waals surface area contributed by atoms with E-state index < -0.39 is 0 Å². The molecule has 0 bridgehead atoms. The van der Waals surface area contributed by atoms with Crippen molar-refractivity contribution in [1.82, 2.24) is 0 Å². The first-order valence-corrected chi connectivity index (χ1v) is 11.3. The zero-order chi connectivity index (χ0) is 24.2. The minimum atomic E-state index is 0. The van der Waals surface area contributed by atoms with Crippen molar-refractivity contribution < 1.29 is 27.3 Å². The van der Waals surface area contributed by atoms with E-state index in [2.05, 4.69) is 9.98 Å². The van der Waals surface area contributed by atoms with Crippen LogP contribution in [0.1, 0.15) is 48.2 Å². The van der Waals surface area contributed by atoms with E-state index in [0.29, 0.717) is 0 Å². The average Bonchev–Trinajstić information content (AvgIpc) is 2.89. The number of aliphatic imine (C=N–C) groups is 2. The van der Waals surface area contributed by atoms with Gasteiger partial charge in [0.25, 0.3) is 0 Å². The molecule has 0 aliphatic heterocycles. The van der Waals surface area contributed by atoms with Crippen molar-refractivity contribution >= 4 is 12.4 Å². The summed E-state index contributed by atoms with van der Waals surface area (Å²) in [6.45, 7) is 4.07. The maximum Gasteiger partial charge on any atom is 0.124 e. The van der Waals surface area contributed by atoms with Crippen molar-refractivity contribution in [3.63, 3.8) is 0 Å². The van der Waals surface area contributed by atoms with Crippen molar-refractivity contribution in [2.75, 3.05) is 0 Å². The first kappa shape index (κ1) is 27.6. The summed E-state index contributed by atoms with van der Waals surface area (Å²) in [6, 6.07) is 34.7. The summed E-state index contributed by atoms with van der Waals surface area (Å²) in [5, 5.41) is 19.2. The molecule has 4 rings (SSSR count). The van der Waals surface area contributed by atoms with E-state index in [1.54, 1.807) is 36.7 Å². The number of hydrogen-bond donors (Lipinski definition) is 2. The van der Waals surface area contributed by atoms with E-state index in [4.69, 9.17) is 0 Å². The Morgan fingerprint density at radius 1 is 0.514 bits per heavy atom. The second-order valence-corrected chi connectivity index (χ2v) is 7.85. The molecule has 2 atom stereocenters. The predicted octanol–water partition coefficient (Wildman–Crippen LogP) is 7.14. The second kappa shape index (κ2) is 14.6. The SMILES string of the molecule is C[C@H](N=Cc1ccccc1O)c1ccccc1.C[C@H](N=Cc1ccccc1O)c1ccccc1.[Cu]. The van der Waals surface area contributed by atoms with Crippen LogP contribution in [0.25, 0.3) is 0 Å². The quantitative estimate of drug-likeness (QED) is 0.212. The van der Waals surface area contributed by atoms with Crippen LogP contribution in [0.4, 0.5) is 0 Å². The normalized spacial score (nSPS) is 12.4. The van der Waals surface area contributed by atoms with Crippen LogP contribution in [0.3, 0.4) is 0 Å². The van der Waals surface area contributed by atoms with Crippen molar-refractivity contribution in [2.45, 2.75) is 25.9 Å². The third-order valence-corrected chi connectivity index (χ3v) is 5.31. The van der Waals surface area contributed by atoms with E-state index in [1.807, 2.05) is 98.8 Å². The first-order valence-electron chi connectivity index (χ1n) is 11.3. The Labute approximate surface area is 218 Å². The van der Waals surface area contributed by atoms with Gasteiger partial charge in [-0.2, -0.15) is 0 Å². The Morgan fingerprint density at radius 2 is 0.829 bits per heavy atom. The van der Waals surface area contributed by atoms with Gasteiger partial charge in [-0.05, 0) is 49.2 Å². The summed E-state index contributed by atoms with van der Waals surface area (Å²) in [4.78, 5) is 8.88. The van der Waals surface area contributed by atoms with Gasteiger partial charge in [-0.15, -0.1) is 0 Å². The third-order valence-electron chi connectivity index (χ3n) is 5.31. The zero-order valence-corrected chi connectivity index (χ0v) is 20.7. The van der Waals surface area contributed by atoms with Crippen LogP contribution in [-0.2, 0) is 17.1 Å². The molecule has 2 N–H and O–H groups in total. The van der Waals surface area contributed by atoms with Crippen LogP contribution in [0, 0.1) is 0 Å². The fourth-order valence-corrected chi connectivity index (χ4v) is 3.21. The van der Waals surface area contributed by atoms with Crippen molar-refractivity contribution in [3.05, 3.63) is 131 Å². The molecule has 1 radical (unpaired) electrons. The molecule has 0 saturated heterocycles. The van der Waals surface area contributed by atoms with E-state index >= 15 is 0 Å². The van der Waals surface area contributed by atoms with Crippen LogP contribution in [0.2, 0.25) is 0 Å². The van der Waals surface area contributed by atoms with Crippen molar-refractivity contribution in [3.8, 4) is 11.5 Å². The number of benzene rings is 4. The zero-order valence-electron chi connectivity index (χ0n) is 19.8. The Morgan fingerprint density at radius 3 is 1.17 bits per heavy atom. The predicted molar refractivity (Wildman–Crippen MR) is 141 cm³/mol. The molecule has 4 nitrogen and oxygen atoms in total.